The summed E-state index contributed by atoms with van der Waals surface area (Å²) in [4.78, 5) is 22.6. The number of fused-ring (bicyclic) bond motifs is 1. The van der Waals surface area contributed by atoms with Crippen molar-refractivity contribution >= 4 is 11.8 Å². The molecule has 1 saturated heterocycles. The van der Waals surface area contributed by atoms with Crippen molar-refractivity contribution in [2.45, 2.75) is 26.2 Å². The lowest BCUT2D eigenvalue weighted by atomic mass is 9.96. The lowest BCUT2D eigenvalue weighted by molar-refractivity contribution is -0.135. The molecule has 0 saturated carbocycles. The van der Waals surface area contributed by atoms with E-state index in [2.05, 4.69) is 0 Å². The zero-order valence-electron chi connectivity index (χ0n) is 7.63. The van der Waals surface area contributed by atoms with E-state index in [1.807, 2.05) is 6.92 Å². The van der Waals surface area contributed by atoms with Crippen LogP contribution in [0.3, 0.4) is 0 Å². The van der Waals surface area contributed by atoms with Crippen LogP contribution in [-0.4, -0.2) is 18.4 Å². The molecule has 1 atom stereocenters. The molecular formula is C10H12O3. The van der Waals surface area contributed by atoms with Crippen LogP contribution in [0.5, 0.6) is 0 Å². The summed E-state index contributed by atoms with van der Waals surface area (Å²) >= 11 is 0. The molecule has 0 aromatic carbocycles. The SMILES string of the molecule is CC1=C2C(=O)OCC2CC(=O)CC1. The molecule has 13 heavy (non-hydrogen) atoms. The number of Topliss-reactive ketones (excluding diaryl/α,β-unsaturated/α-hetero) is 1. The lowest BCUT2D eigenvalue weighted by Gasteiger charge is -2.03. The number of cyclic esters (lactones) is 1. The Labute approximate surface area is 76.8 Å². The molecule has 1 fully saturated rings. The van der Waals surface area contributed by atoms with Crippen LogP contribution in [-0.2, 0) is 14.3 Å². The summed E-state index contributed by atoms with van der Waals surface area (Å²) in [6.07, 6.45) is 1.79. The predicted molar refractivity (Wildman–Crippen MR) is 46.0 cm³/mol. The molecule has 2 rings (SSSR count). The first-order valence-corrected chi connectivity index (χ1v) is 4.57. The van der Waals surface area contributed by atoms with E-state index in [0.29, 0.717) is 19.4 Å². The number of carbonyl (C=O) groups excluding carboxylic acids is 2. The zero-order chi connectivity index (χ0) is 9.42. The number of esters is 1. The van der Waals surface area contributed by atoms with E-state index in [1.165, 1.54) is 0 Å². The molecule has 1 heterocycles. The van der Waals surface area contributed by atoms with Crippen LogP contribution in [0.2, 0.25) is 0 Å². The van der Waals surface area contributed by atoms with Crippen molar-refractivity contribution in [3.8, 4) is 0 Å². The molecule has 3 nitrogen and oxygen atoms in total. The first kappa shape index (κ1) is 8.48. The quantitative estimate of drug-likeness (QED) is 0.526. The van der Waals surface area contributed by atoms with Crippen LogP contribution in [0, 0.1) is 5.92 Å². The third-order valence-corrected chi connectivity index (χ3v) is 2.76. The number of carbonyl (C=O) groups is 2. The highest BCUT2D eigenvalue weighted by atomic mass is 16.5. The molecule has 0 aromatic rings. The van der Waals surface area contributed by atoms with Gasteiger partial charge in [0.1, 0.15) is 5.78 Å². The van der Waals surface area contributed by atoms with Gasteiger partial charge in [-0.25, -0.2) is 4.79 Å². The van der Waals surface area contributed by atoms with E-state index in [9.17, 15) is 9.59 Å². The van der Waals surface area contributed by atoms with Crippen molar-refractivity contribution in [3.63, 3.8) is 0 Å². The molecule has 3 heteroatoms. The Balaban J connectivity index is 2.35. The summed E-state index contributed by atoms with van der Waals surface area (Å²) < 4.78 is 4.93. The number of hydrogen-bond acceptors (Lipinski definition) is 3. The molecule has 70 valence electrons. The van der Waals surface area contributed by atoms with Crippen molar-refractivity contribution in [2.75, 3.05) is 6.61 Å². The lowest BCUT2D eigenvalue weighted by Crippen LogP contribution is -2.07. The summed E-state index contributed by atoms with van der Waals surface area (Å²) in [7, 11) is 0. The van der Waals surface area contributed by atoms with Gasteiger partial charge in [-0.05, 0) is 13.3 Å². The van der Waals surface area contributed by atoms with Crippen LogP contribution in [0.4, 0.5) is 0 Å². The van der Waals surface area contributed by atoms with Crippen LogP contribution in [0.15, 0.2) is 11.1 Å². The first-order valence-electron chi connectivity index (χ1n) is 4.57. The highest BCUT2D eigenvalue weighted by Gasteiger charge is 2.35. The standard InChI is InChI=1S/C10H12O3/c1-6-2-3-8(11)4-7-5-13-10(12)9(6)7/h7H,2-5H2,1H3. The van der Waals surface area contributed by atoms with Gasteiger partial charge in [-0.3, -0.25) is 4.79 Å². The number of ketones is 1. The zero-order valence-corrected chi connectivity index (χ0v) is 7.63. The summed E-state index contributed by atoms with van der Waals surface area (Å²) in [5.74, 6) is 0.0809. The summed E-state index contributed by atoms with van der Waals surface area (Å²) in [6.45, 7) is 2.32. The molecule has 1 aliphatic heterocycles. The van der Waals surface area contributed by atoms with Gasteiger partial charge < -0.3 is 4.74 Å². The minimum atomic E-state index is -0.211. The van der Waals surface area contributed by atoms with Crippen LogP contribution in [0.1, 0.15) is 26.2 Å². The molecule has 1 aliphatic carbocycles. The minimum Gasteiger partial charge on any atom is -0.462 e. The van der Waals surface area contributed by atoms with E-state index in [-0.39, 0.29) is 17.7 Å². The van der Waals surface area contributed by atoms with Gasteiger partial charge in [0.15, 0.2) is 0 Å². The Morgan fingerprint density at radius 1 is 1.31 bits per heavy atom. The predicted octanol–water partition coefficient (Wildman–Crippen LogP) is 1.23. The number of rotatable bonds is 0. The molecule has 0 spiro atoms. The second-order valence-electron chi connectivity index (χ2n) is 3.73. The minimum absolute atomic E-state index is 0.0440. The van der Waals surface area contributed by atoms with Crippen LogP contribution >= 0.6 is 0 Å². The highest BCUT2D eigenvalue weighted by Crippen LogP contribution is 2.32. The fraction of sp³-hybridized carbons (Fsp3) is 0.600. The van der Waals surface area contributed by atoms with Gasteiger partial charge in [-0.1, -0.05) is 5.57 Å². The van der Waals surface area contributed by atoms with Gasteiger partial charge in [0.25, 0.3) is 0 Å². The van der Waals surface area contributed by atoms with Crippen LogP contribution in [0.25, 0.3) is 0 Å². The molecule has 2 aliphatic rings. The van der Waals surface area contributed by atoms with E-state index in [0.717, 1.165) is 17.6 Å². The van der Waals surface area contributed by atoms with Gasteiger partial charge >= 0.3 is 5.97 Å². The van der Waals surface area contributed by atoms with Gasteiger partial charge in [-0.15, -0.1) is 0 Å². The second kappa shape index (κ2) is 2.98. The first-order chi connectivity index (χ1) is 6.18. The monoisotopic (exact) mass is 180 g/mol. The third-order valence-electron chi connectivity index (χ3n) is 2.76. The molecule has 0 radical (unpaired) electrons. The maximum absolute atomic E-state index is 11.3. The largest absolute Gasteiger partial charge is 0.462 e. The molecule has 1 unspecified atom stereocenters. The summed E-state index contributed by atoms with van der Waals surface area (Å²) in [6, 6.07) is 0. The van der Waals surface area contributed by atoms with Crippen molar-refractivity contribution in [3.05, 3.63) is 11.1 Å². The maximum Gasteiger partial charge on any atom is 0.334 e. The average molecular weight is 180 g/mol. The molecule has 0 N–H and O–H groups in total. The Kier molecular flexibility index (Phi) is 1.94. The highest BCUT2D eigenvalue weighted by molar-refractivity contribution is 5.94. The molecule has 0 bridgehead atoms. The fourth-order valence-electron chi connectivity index (χ4n) is 2.03. The Hall–Kier alpha value is -1.12. The van der Waals surface area contributed by atoms with Crippen LogP contribution < -0.4 is 0 Å². The van der Waals surface area contributed by atoms with Crippen molar-refractivity contribution < 1.29 is 14.3 Å². The third kappa shape index (κ3) is 1.39. The summed E-state index contributed by atoms with van der Waals surface area (Å²) in [5, 5.41) is 0. The van der Waals surface area contributed by atoms with E-state index < -0.39 is 0 Å². The normalized spacial score (nSPS) is 28.5. The van der Waals surface area contributed by atoms with E-state index >= 15 is 0 Å². The van der Waals surface area contributed by atoms with E-state index in [1.54, 1.807) is 0 Å². The Morgan fingerprint density at radius 2 is 2.08 bits per heavy atom. The number of allylic oxidation sites excluding steroid dienone is 1. The van der Waals surface area contributed by atoms with Gasteiger partial charge in [0, 0.05) is 24.3 Å². The van der Waals surface area contributed by atoms with Gasteiger partial charge in [0.05, 0.1) is 6.61 Å². The molecule has 0 aromatic heterocycles. The number of ether oxygens (including phenoxy) is 1. The smallest absolute Gasteiger partial charge is 0.334 e. The molecular weight excluding hydrogens is 168 g/mol. The van der Waals surface area contributed by atoms with E-state index in [4.69, 9.17) is 4.74 Å². The second-order valence-corrected chi connectivity index (χ2v) is 3.73. The Bertz CT molecular complexity index is 301. The average Bonchev–Trinajstić information content (AvgIpc) is 2.36. The van der Waals surface area contributed by atoms with Gasteiger partial charge in [0.2, 0.25) is 0 Å². The van der Waals surface area contributed by atoms with Crippen molar-refractivity contribution in [2.24, 2.45) is 5.92 Å². The fourth-order valence-corrected chi connectivity index (χ4v) is 2.03. The van der Waals surface area contributed by atoms with Crippen molar-refractivity contribution in [1.29, 1.82) is 0 Å². The topological polar surface area (TPSA) is 43.4 Å². The number of hydrogen-bond donors (Lipinski definition) is 0. The van der Waals surface area contributed by atoms with Crippen molar-refractivity contribution in [1.82, 2.24) is 0 Å². The summed E-state index contributed by atoms with van der Waals surface area (Å²) in [5.41, 5.74) is 1.81. The Morgan fingerprint density at radius 3 is 2.85 bits per heavy atom. The molecule has 0 amide bonds. The van der Waals surface area contributed by atoms with Gasteiger partial charge in [-0.2, -0.15) is 0 Å². The maximum atomic E-state index is 11.3.